The number of hydrogen-bond donors (Lipinski definition) is 1. The van der Waals surface area contributed by atoms with Gasteiger partial charge in [-0.3, -0.25) is 4.79 Å². The molecule has 1 N–H and O–H groups in total. The summed E-state index contributed by atoms with van der Waals surface area (Å²) >= 11 is 13.1. The Morgan fingerprint density at radius 2 is 1.58 bits per heavy atom. The third-order valence-corrected chi connectivity index (χ3v) is 7.05. The van der Waals surface area contributed by atoms with Gasteiger partial charge in [0.15, 0.2) is 5.76 Å². The number of halogens is 4. The fraction of sp³-hybridized carbons (Fsp3) is 0. The normalized spacial score (nSPS) is 10.6. The van der Waals surface area contributed by atoms with Crippen molar-refractivity contribution in [3.8, 4) is 28.2 Å². The molecular weight excluding hydrogens is 686 g/mol. The fourth-order valence-corrected chi connectivity index (χ4v) is 5.57. The average molecular weight is 693 g/mol. The maximum atomic E-state index is 12.4. The van der Waals surface area contributed by atoms with E-state index in [4.69, 9.17) is 4.42 Å². The van der Waals surface area contributed by atoms with E-state index >= 15 is 0 Å². The molecule has 0 fully saturated rings. The van der Waals surface area contributed by atoms with Crippen molar-refractivity contribution >= 4 is 80.7 Å². The molecule has 0 radical (unpaired) electrons. The molecule has 146 valence electrons. The summed E-state index contributed by atoms with van der Waals surface area (Å²) in [5, 5.41) is 22.7. The van der Waals surface area contributed by atoms with E-state index in [0.29, 0.717) is 31.0 Å². The van der Waals surface area contributed by atoms with Crippen molar-refractivity contribution in [2.45, 2.75) is 0 Å². The van der Waals surface area contributed by atoms with Gasteiger partial charge in [-0.2, -0.15) is 0 Å². The van der Waals surface area contributed by atoms with Crippen LogP contribution in [0.1, 0.15) is 10.4 Å². The first-order valence-corrected chi connectivity index (χ1v) is 11.2. The van der Waals surface area contributed by atoms with Crippen LogP contribution in [0.5, 0.6) is 5.75 Å². The molecule has 0 aromatic heterocycles. The predicted molar refractivity (Wildman–Crippen MR) is 122 cm³/mol. The molecular formula is C20H7Br4Na2O5+. The van der Waals surface area contributed by atoms with Crippen molar-refractivity contribution in [3.05, 3.63) is 70.1 Å². The van der Waals surface area contributed by atoms with Crippen LogP contribution in [0.15, 0.2) is 63.5 Å². The topological polar surface area (TPSA) is 90.6 Å². The van der Waals surface area contributed by atoms with E-state index < -0.39 is 5.97 Å². The van der Waals surface area contributed by atoms with E-state index in [-0.39, 0.29) is 96.1 Å². The number of benzene rings is 3. The van der Waals surface area contributed by atoms with Crippen LogP contribution < -0.4 is 69.6 Å². The van der Waals surface area contributed by atoms with E-state index in [9.17, 15) is 19.8 Å². The third kappa shape index (κ3) is 4.78. The molecule has 0 spiro atoms. The molecule has 0 amide bonds. The number of aromatic carboxylic acids is 1. The molecule has 31 heavy (non-hydrogen) atoms. The Morgan fingerprint density at radius 1 is 0.935 bits per heavy atom. The third-order valence-electron chi connectivity index (χ3n) is 4.43. The van der Waals surface area contributed by atoms with Crippen molar-refractivity contribution in [3.63, 3.8) is 0 Å². The van der Waals surface area contributed by atoms with Crippen LogP contribution in [-0.4, -0.2) is 11.1 Å². The largest absolute Gasteiger partial charge is 1.00 e. The molecule has 11 heteroatoms. The van der Waals surface area contributed by atoms with Crippen LogP contribution in [0, 0.1) is 0 Å². The van der Waals surface area contributed by atoms with E-state index in [0.717, 1.165) is 0 Å². The van der Waals surface area contributed by atoms with Gasteiger partial charge in [-0.05, 0) is 71.6 Å². The van der Waals surface area contributed by atoms with Gasteiger partial charge in [-0.15, -0.1) is 0 Å². The summed E-state index contributed by atoms with van der Waals surface area (Å²) in [6.07, 6.45) is 0. The van der Waals surface area contributed by atoms with Crippen LogP contribution in [0.4, 0.5) is 0 Å². The molecule has 0 atom stereocenters. The zero-order valence-corrected chi connectivity index (χ0v) is 26.4. The van der Waals surface area contributed by atoms with Crippen LogP contribution in [0.3, 0.4) is 0 Å². The van der Waals surface area contributed by atoms with Gasteiger partial charge in [0, 0.05) is 21.0 Å². The molecule has 2 aromatic carbocycles. The van der Waals surface area contributed by atoms with E-state index in [2.05, 4.69) is 63.7 Å². The average Bonchev–Trinajstić information content (AvgIpc) is 2.69. The molecule has 0 unspecified atom stereocenters. The summed E-state index contributed by atoms with van der Waals surface area (Å²) in [6, 6.07) is 9.71. The Labute approximate surface area is 254 Å². The minimum Gasteiger partial charge on any atom is -0.871 e. The minimum atomic E-state index is -1.10. The van der Waals surface area contributed by atoms with Crippen LogP contribution in [0.25, 0.3) is 33.4 Å². The first-order valence-electron chi connectivity index (χ1n) is 7.98. The van der Waals surface area contributed by atoms with E-state index in [1.165, 1.54) is 6.07 Å². The van der Waals surface area contributed by atoms with Gasteiger partial charge in [0.1, 0.15) is 10.1 Å². The standard InChI is InChI=1S/C20H8Br4O5.2Na/c21-11-5-9-13(7-3-1-2-4-8(7)20(27)28)10-6-12(22)17(26)15(24)19(10)29-18(9)14(23)16(11)25;;/h1-6,25H,(H,27,28);;/q;2*+1/p-1. The number of hydrogen-bond acceptors (Lipinski definition) is 4. The Morgan fingerprint density at radius 3 is 2.23 bits per heavy atom. The SMILES string of the molecule is O=C(O)c1ccccc1-c1c2cc(Br)c(=O)c(Br)c-2oc2c(Br)c([O-])c(Br)cc12.[Na+].[Na+]. The molecule has 1 aliphatic carbocycles. The van der Waals surface area contributed by atoms with Gasteiger partial charge < -0.3 is 14.6 Å². The molecule has 2 aromatic rings. The Bertz CT molecular complexity index is 1370. The Kier molecular flexibility index (Phi) is 9.53. The zero-order valence-electron chi connectivity index (χ0n) is 16.1. The van der Waals surface area contributed by atoms with E-state index in [1.54, 1.807) is 30.3 Å². The maximum absolute atomic E-state index is 12.4. The number of carbonyl (C=O) groups is 1. The number of rotatable bonds is 2. The summed E-state index contributed by atoms with van der Waals surface area (Å²) in [6.45, 7) is 0. The first-order chi connectivity index (χ1) is 13.7. The molecule has 0 bridgehead atoms. The summed E-state index contributed by atoms with van der Waals surface area (Å²) in [4.78, 5) is 24.3. The second kappa shape index (κ2) is 10.7. The molecule has 1 heterocycles. The summed E-state index contributed by atoms with van der Waals surface area (Å²) < 4.78 is 6.87. The molecule has 5 nitrogen and oxygen atoms in total. The van der Waals surface area contributed by atoms with Crippen molar-refractivity contribution in [1.29, 1.82) is 0 Å². The van der Waals surface area contributed by atoms with Gasteiger partial charge >= 0.3 is 65.1 Å². The van der Waals surface area contributed by atoms with Gasteiger partial charge in [0.25, 0.3) is 0 Å². The zero-order chi connectivity index (χ0) is 21.0. The summed E-state index contributed by atoms with van der Waals surface area (Å²) in [5.74, 6) is -1.21. The molecule has 1 aliphatic heterocycles. The summed E-state index contributed by atoms with van der Waals surface area (Å²) in [7, 11) is 0. The summed E-state index contributed by atoms with van der Waals surface area (Å²) in [5.41, 5.74) is 1.44. The monoisotopic (exact) mass is 689 g/mol. The van der Waals surface area contributed by atoms with Crippen molar-refractivity contribution in [1.82, 2.24) is 0 Å². The number of carboxylic acids is 1. The first kappa shape index (κ1) is 27.6. The quantitative estimate of drug-likeness (QED) is 0.243. The van der Waals surface area contributed by atoms with Crippen molar-refractivity contribution < 1.29 is 78.5 Å². The molecule has 0 saturated heterocycles. The Balaban J connectivity index is 0.00000171. The van der Waals surface area contributed by atoms with Gasteiger partial charge in [-0.1, -0.05) is 39.9 Å². The van der Waals surface area contributed by atoms with Crippen molar-refractivity contribution in [2.75, 3.05) is 0 Å². The fourth-order valence-electron chi connectivity index (χ4n) is 3.16. The number of carboxylic acid groups (broad SMARTS) is 1. The Hall–Kier alpha value is 0.320. The minimum absolute atomic E-state index is 0. The molecule has 0 saturated carbocycles. The predicted octanol–water partition coefficient (Wildman–Crippen LogP) is 0.395. The van der Waals surface area contributed by atoms with Gasteiger partial charge in [-0.25, -0.2) is 4.79 Å². The maximum Gasteiger partial charge on any atom is 1.00 e. The van der Waals surface area contributed by atoms with Crippen LogP contribution in [-0.2, 0) is 0 Å². The van der Waals surface area contributed by atoms with Gasteiger partial charge in [0.05, 0.1) is 14.5 Å². The van der Waals surface area contributed by atoms with Crippen molar-refractivity contribution in [2.24, 2.45) is 0 Å². The van der Waals surface area contributed by atoms with Crippen LogP contribution >= 0.6 is 63.7 Å². The smallest absolute Gasteiger partial charge is 0.871 e. The second-order valence-electron chi connectivity index (χ2n) is 6.08. The molecule has 2 aliphatic rings. The van der Waals surface area contributed by atoms with E-state index in [1.807, 2.05) is 0 Å². The second-order valence-corrected chi connectivity index (χ2v) is 9.38. The number of fused-ring (bicyclic) bond motifs is 2. The van der Waals surface area contributed by atoms with Gasteiger partial charge in [0.2, 0.25) is 5.43 Å². The van der Waals surface area contributed by atoms with Crippen LogP contribution in [0.2, 0.25) is 0 Å². The molecule has 4 rings (SSSR count).